The second-order valence-electron chi connectivity index (χ2n) is 6.53. The summed E-state index contributed by atoms with van der Waals surface area (Å²) in [5.74, 6) is -0.439. The number of rotatable bonds is 7. The molecule has 7 nitrogen and oxygen atoms in total. The number of benzene rings is 2. The summed E-state index contributed by atoms with van der Waals surface area (Å²) in [5, 5.41) is 5.37. The van der Waals surface area contributed by atoms with Crippen LogP contribution in [-0.2, 0) is 4.79 Å². The van der Waals surface area contributed by atoms with E-state index in [4.69, 9.17) is 39.5 Å². The van der Waals surface area contributed by atoms with Crippen LogP contribution in [0.4, 0.5) is 0 Å². The number of nitrogens with one attached hydrogen (secondary N) is 2. The molecule has 0 saturated carbocycles. The molecule has 3 aromatic rings. The number of hydrazine groups is 1. The number of amides is 2. The summed E-state index contributed by atoms with van der Waals surface area (Å²) < 4.78 is 6.99. The van der Waals surface area contributed by atoms with Crippen molar-refractivity contribution < 1.29 is 14.3 Å². The molecule has 0 bridgehead atoms. The molecular weight excluding hydrogens is 463 g/mol. The first kappa shape index (κ1) is 22.9. The number of halogens is 3. The number of carbonyl (C=O) groups excluding carboxylic acids is 2. The highest BCUT2D eigenvalue weighted by atomic mass is 35.5. The fourth-order valence-corrected chi connectivity index (χ4v) is 3.58. The van der Waals surface area contributed by atoms with Crippen LogP contribution in [0, 0.1) is 6.92 Å². The van der Waals surface area contributed by atoms with Gasteiger partial charge in [-0.3, -0.25) is 20.4 Å². The van der Waals surface area contributed by atoms with Crippen LogP contribution in [0.5, 0.6) is 5.75 Å². The maximum Gasteiger partial charge on any atom is 0.274 e. The third kappa shape index (κ3) is 5.91. The van der Waals surface area contributed by atoms with Crippen molar-refractivity contribution in [1.29, 1.82) is 0 Å². The number of carbonyl (C=O) groups is 2. The summed E-state index contributed by atoms with van der Waals surface area (Å²) in [6, 6.07) is 14.1. The van der Waals surface area contributed by atoms with Crippen molar-refractivity contribution in [1.82, 2.24) is 20.6 Å². The largest absolute Gasteiger partial charge is 0.492 e. The Labute approximate surface area is 194 Å². The lowest BCUT2D eigenvalue weighted by Crippen LogP contribution is -2.41. The Morgan fingerprint density at radius 2 is 1.81 bits per heavy atom. The topological polar surface area (TPSA) is 85.3 Å². The Balaban J connectivity index is 1.48. The lowest BCUT2D eigenvalue weighted by Gasteiger charge is -2.09. The first-order chi connectivity index (χ1) is 14.9. The minimum absolute atomic E-state index is 0.140. The summed E-state index contributed by atoms with van der Waals surface area (Å²) in [5.41, 5.74) is 6.08. The van der Waals surface area contributed by atoms with Crippen molar-refractivity contribution >= 4 is 46.6 Å². The monoisotopic (exact) mass is 480 g/mol. The van der Waals surface area contributed by atoms with E-state index in [1.807, 2.05) is 30.3 Å². The van der Waals surface area contributed by atoms with E-state index in [1.165, 1.54) is 4.68 Å². The van der Waals surface area contributed by atoms with Gasteiger partial charge in [-0.25, -0.2) is 4.68 Å². The van der Waals surface area contributed by atoms with Gasteiger partial charge in [0, 0.05) is 11.4 Å². The third-order valence-electron chi connectivity index (χ3n) is 4.25. The normalized spacial score (nSPS) is 10.6. The minimum Gasteiger partial charge on any atom is -0.492 e. The van der Waals surface area contributed by atoms with Crippen LogP contribution in [0.1, 0.15) is 28.9 Å². The first-order valence-corrected chi connectivity index (χ1v) is 10.5. The van der Waals surface area contributed by atoms with Crippen molar-refractivity contribution in [2.75, 3.05) is 6.61 Å². The van der Waals surface area contributed by atoms with E-state index in [0.717, 1.165) is 5.69 Å². The smallest absolute Gasteiger partial charge is 0.274 e. The fourth-order valence-electron chi connectivity index (χ4n) is 2.76. The van der Waals surface area contributed by atoms with E-state index in [2.05, 4.69) is 16.0 Å². The molecule has 1 heterocycles. The molecule has 0 spiro atoms. The average Bonchev–Trinajstić information content (AvgIpc) is 3.05. The second kappa shape index (κ2) is 10.5. The van der Waals surface area contributed by atoms with Gasteiger partial charge in [0.2, 0.25) is 5.91 Å². The number of aromatic nitrogens is 2. The van der Waals surface area contributed by atoms with Gasteiger partial charge in [0.25, 0.3) is 5.91 Å². The van der Waals surface area contributed by atoms with Gasteiger partial charge >= 0.3 is 0 Å². The van der Waals surface area contributed by atoms with Gasteiger partial charge in [-0.1, -0.05) is 53.0 Å². The molecule has 2 amide bonds. The molecule has 0 fully saturated rings. The molecule has 0 aliphatic rings. The molecule has 0 saturated heterocycles. The zero-order valence-electron chi connectivity index (χ0n) is 16.5. The fraction of sp³-hybridized carbons (Fsp3) is 0.190. The number of para-hydroxylation sites is 1. The Kier molecular flexibility index (Phi) is 7.79. The molecule has 0 atom stereocenters. The van der Waals surface area contributed by atoms with E-state index < -0.39 is 5.91 Å². The van der Waals surface area contributed by atoms with Gasteiger partial charge in [-0.05, 0) is 43.7 Å². The minimum atomic E-state index is -0.553. The highest BCUT2D eigenvalue weighted by molar-refractivity contribution is 6.35. The number of nitrogens with zero attached hydrogens (tertiary/aromatic N) is 2. The average molecular weight is 482 g/mol. The molecule has 2 N–H and O–H groups in total. The van der Waals surface area contributed by atoms with E-state index in [1.54, 1.807) is 25.1 Å². The van der Waals surface area contributed by atoms with Crippen LogP contribution < -0.4 is 15.6 Å². The Morgan fingerprint density at radius 3 is 2.52 bits per heavy atom. The number of hydrogen-bond donors (Lipinski definition) is 2. The molecular formula is C21H19Cl3N4O3. The quantitative estimate of drug-likeness (QED) is 0.376. The first-order valence-electron chi connectivity index (χ1n) is 9.34. The van der Waals surface area contributed by atoms with E-state index in [0.29, 0.717) is 27.9 Å². The molecule has 2 aromatic carbocycles. The highest BCUT2D eigenvalue weighted by Crippen LogP contribution is 2.27. The maximum atomic E-state index is 12.5. The maximum absolute atomic E-state index is 12.5. The van der Waals surface area contributed by atoms with Crippen LogP contribution in [0.2, 0.25) is 15.2 Å². The molecule has 0 unspecified atom stereocenters. The van der Waals surface area contributed by atoms with Crippen LogP contribution >= 0.6 is 34.8 Å². The summed E-state index contributed by atoms with van der Waals surface area (Å²) in [6.07, 6.45) is 0.563. The van der Waals surface area contributed by atoms with Crippen molar-refractivity contribution in [2.45, 2.75) is 19.8 Å². The number of hydrogen-bond acceptors (Lipinski definition) is 4. The van der Waals surface area contributed by atoms with Gasteiger partial charge in [-0.2, -0.15) is 5.10 Å². The van der Waals surface area contributed by atoms with Crippen molar-refractivity contribution in [2.24, 2.45) is 0 Å². The lowest BCUT2D eigenvalue weighted by atomic mass is 10.2. The molecule has 0 radical (unpaired) electrons. The molecule has 31 heavy (non-hydrogen) atoms. The predicted octanol–water partition coefficient (Wildman–Crippen LogP) is 4.76. The standard InChI is InChI=1S/C21H19Cl3N4O3/c1-13-19(20(24)28(27-13)15-6-3-2-4-7-15)21(30)26-25-18(29)8-5-11-31-17-10-9-14(22)12-16(17)23/h2-4,6-7,9-10,12H,5,8,11H2,1H3,(H,25,29)(H,26,30). The molecule has 0 aliphatic heterocycles. The Bertz CT molecular complexity index is 1090. The summed E-state index contributed by atoms with van der Waals surface area (Å²) in [7, 11) is 0. The summed E-state index contributed by atoms with van der Waals surface area (Å²) in [4.78, 5) is 24.5. The molecule has 1 aromatic heterocycles. The van der Waals surface area contributed by atoms with Gasteiger partial charge in [0.1, 0.15) is 16.5 Å². The van der Waals surface area contributed by atoms with Gasteiger partial charge < -0.3 is 4.74 Å². The lowest BCUT2D eigenvalue weighted by molar-refractivity contribution is -0.122. The SMILES string of the molecule is Cc1nn(-c2ccccc2)c(Cl)c1C(=O)NNC(=O)CCCOc1ccc(Cl)cc1Cl. The molecule has 10 heteroatoms. The van der Waals surface area contributed by atoms with E-state index in [-0.39, 0.29) is 29.7 Å². The van der Waals surface area contributed by atoms with Crippen LogP contribution in [0.3, 0.4) is 0 Å². The molecule has 162 valence electrons. The number of ether oxygens (including phenoxy) is 1. The zero-order valence-corrected chi connectivity index (χ0v) is 18.8. The van der Waals surface area contributed by atoms with Gasteiger partial charge in [0.15, 0.2) is 0 Å². The van der Waals surface area contributed by atoms with Crippen molar-refractivity contribution in [3.05, 3.63) is 75.0 Å². The van der Waals surface area contributed by atoms with Gasteiger partial charge in [-0.15, -0.1) is 0 Å². The van der Waals surface area contributed by atoms with Crippen LogP contribution in [-0.4, -0.2) is 28.2 Å². The summed E-state index contributed by atoms with van der Waals surface area (Å²) >= 11 is 18.2. The second-order valence-corrected chi connectivity index (χ2v) is 7.73. The predicted molar refractivity (Wildman–Crippen MR) is 120 cm³/mol. The van der Waals surface area contributed by atoms with Crippen molar-refractivity contribution in [3.63, 3.8) is 0 Å². The number of aryl methyl sites for hydroxylation is 1. The van der Waals surface area contributed by atoms with Crippen LogP contribution in [0.25, 0.3) is 5.69 Å². The highest BCUT2D eigenvalue weighted by Gasteiger charge is 2.21. The van der Waals surface area contributed by atoms with E-state index in [9.17, 15) is 9.59 Å². The van der Waals surface area contributed by atoms with Gasteiger partial charge in [0.05, 0.1) is 23.0 Å². The van der Waals surface area contributed by atoms with E-state index >= 15 is 0 Å². The Hall–Kier alpha value is -2.74. The molecule has 0 aliphatic carbocycles. The zero-order chi connectivity index (χ0) is 22.4. The van der Waals surface area contributed by atoms with Crippen molar-refractivity contribution in [3.8, 4) is 11.4 Å². The third-order valence-corrected chi connectivity index (χ3v) is 5.13. The molecule has 3 rings (SSSR count). The Morgan fingerprint density at radius 1 is 1.06 bits per heavy atom. The summed E-state index contributed by atoms with van der Waals surface area (Å²) in [6.45, 7) is 1.94. The van der Waals surface area contributed by atoms with Crippen LogP contribution in [0.15, 0.2) is 48.5 Å².